The molecule has 5 nitrogen and oxygen atoms in total. The van der Waals surface area contributed by atoms with Gasteiger partial charge in [0, 0.05) is 24.8 Å². The Hall–Kier alpha value is -1.11. The lowest BCUT2D eigenvalue weighted by Crippen LogP contribution is -2.30. The van der Waals surface area contributed by atoms with E-state index in [1.165, 1.54) is 19.9 Å². The maximum atomic E-state index is 11.6. The van der Waals surface area contributed by atoms with Crippen LogP contribution in [0.5, 0.6) is 0 Å². The van der Waals surface area contributed by atoms with Gasteiger partial charge in [-0.15, -0.1) is 0 Å². The van der Waals surface area contributed by atoms with Gasteiger partial charge in [0.15, 0.2) is 0 Å². The number of rotatable bonds is 8. The summed E-state index contributed by atoms with van der Waals surface area (Å²) < 4.78 is 25.5. The number of nitrogens with zero attached hydrogens (tertiary/aromatic N) is 1. The minimum Gasteiger partial charge on any atom is -0.384 e. The molecule has 2 rings (SSSR count). The summed E-state index contributed by atoms with van der Waals surface area (Å²) in [6.45, 7) is 5.18. The van der Waals surface area contributed by atoms with E-state index in [0.29, 0.717) is 4.90 Å². The van der Waals surface area contributed by atoms with Crippen LogP contribution in [0.4, 0.5) is 5.69 Å². The van der Waals surface area contributed by atoms with E-state index in [1.54, 1.807) is 24.3 Å². The minimum absolute atomic E-state index is 0.290. The zero-order valence-corrected chi connectivity index (χ0v) is 12.9. The fraction of sp³-hybridized carbons (Fsp3) is 0.571. The van der Waals surface area contributed by atoms with Gasteiger partial charge in [-0.1, -0.05) is 6.92 Å². The second-order valence-corrected chi connectivity index (χ2v) is 6.91. The summed E-state index contributed by atoms with van der Waals surface area (Å²) in [5, 5.41) is 3.33. The van der Waals surface area contributed by atoms with Crippen LogP contribution in [-0.4, -0.2) is 46.0 Å². The van der Waals surface area contributed by atoms with Gasteiger partial charge < -0.3 is 5.32 Å². The van der Waals surface area contributed by atoms with Crippen molar-refractivity contribution in [1.29, 1.82) is 0 Å². The number of anilines is 1. The van der Waals surface area contributed by atoms with Crippen molar-refractivity contribution in [2.75, 3.05) is 32.0 Å². The molecule has 0 spiro atoms. The Labute approximate surface area is 121 Å². The summed E-state index contributed by atoms with van der Waals surface area (Å²) in [4.78, 5) is 2.77. The average Bonchev–Trinajstić information content (AvgIpc) is 3.29. The van der Waals surface area contributed by atoms with E-state index in [4.69, 9.17) is 0 Å². The van der Waals surface area contributed by atoms with Crippen molar-refractivity contribution in [3.8, 4) is 0 Å². The van der Waals surface area contributed by atoms with Crippen molar-refractivity contribution in [2.45, 2.75) is 30.7 Å². The molecule has 0 unspecified atom stereocenters. The first-order chi connectivity index (χ1) is 9.56. The third-order valence-corrected chi connectivity index (χ3v) is 5.06. The molecule has 1 aliphatic rings. The second-order valence-electron chi connectivity index (χ2n) is 5.02. The molecule has 1 aromatic rings. The van der Waals surface area contributed by atoms with Gasteiger partial charge in [-0.05, 0) is 50.7 Å². The highest BCUT2D eigenvalue weighted by molar-refractivity contribution is 7.89. The Kier molecular flexibility index (Phi) is 5.01. The van der Waals surface area contributed by atoms with Crippen molar-refractivity contribution in [2.24, 2.45) is 0 Å². The van der Waals surface area contributed by atoms with Gasteiger partial charge >= 0.3 is 0 Å². The summed E-state index contributed by atoms with van der Waals surface area (Å²) in [6, 6.07) is 7.62. The second kappa shape index (κ2) is 6.56. The van der Waals surface area contributed by atoms with E-state index in [2.05, 4.69) is 21.9 Å². The molecule has 1 fully saturated rings. The summed E-state index contributed by atoms with van der Waals surface area (Å²) in [5.74, 6) is 0. The maximum Gasteiger partial charge on any atom is 0.240 e. The smallest absolute Gasteiger partial charge is 0.240 e. The van der Waals surface area contributed by atoms with Crippen molar-refractivity contribution in [3.05, 3.63) is 24.3 Å². The van der Waals surface area contributed by atoms with E-state index in [-0.39, 0.29) is 0 Å². The molecule has 0 aliphatic heterocycles. The lowest BCUT2D eigenvalue weighted by molar-refractivity contribution is 0.289. The number of sulfonamides is 1. The molecule has 0 bridgehead atoms. The summed E-state index contributed by atoms with van der Waals surface area (Å²) in [7, 11) is -1.93. The van der Waals surface area contributed by atoms with E-state index in [0.717, 1.165) is 31.4 Å². The molecule has 0 saturated heterocycles. The fourth-order valence-electron chi connectivity index (χ4n) is 2.25. The van der Waals surface area contributed by atoms with Crippen LogP contribution in [-0.2, 0) is 10.0 Å². The van der Waals surface area contributed by atoms with Crippen LogP contribution in [0.3, 0.4) is 0 Å². The first-order valence-electron chi connectivity index (χ1n) is 7.08. The van der Waals surface area contributed by atoms with Crippen molar-refractivity contribution < 1.29 is 8.42 Å². The number of likely N-dealkylation sites (N-methyl/N-ethyl adjacent to an activating group) is 1. The molecule has 0 aromatic heterocycles. The summed E-state index contributed by atoms with van der Waals surface area (Å²) in [6.07, 6.45) is 2.65. The Morgan fingerprint density at radius 3 is 2.40 bits per heavy atom. The monoisotopic (exact) mass is 297 g/mol. The van der Waals surface area contributed by atoms with E-state index in [9.17, 15) is 8.42 Å². The van der Waals surface area contributed by atoms with Crippen LogP contribution in [0.25, 0.3) is 0 Å². The quantitative estimate of drug-likeness (QED) is 0.763. The lowest BCUT2D eigenvalue weighted by atomic mass is 10.3. The van der Waals surface area contributed by atoms with Gasteiger partial charge in [0.05, 0.1) is 4.90 Å². The molecule has 0 radical (unpaired) electrons. The molecule has 20 heavy (non-hydrogen) atoms. The first kappa shape index (κ1) is 15.3. The van der Waals surface area contributed by atoms with Gasteiger partial charge in [-0.25, -0.2) is 13.1 Å². The fourth-order valence-corrected chi connectivity index (χ4v) is 2.98. The Bertz CT molecular complexity index is 524. The molecule has 1 aliphatic carbocycles. The molecule has 112 valence electrons. The normalized spacial score (nSPS) is 15.6. The predicted octanol–water partition coefficient (Wildman–Crippen LogP) is 1.49. The van der Waals surface area contributed by atoms with Crippen LogP contribution in [0.2, 0.25) is 0 Å². The zero-order chi connectivity index (χ0) is 14.6. The molecule has 2 N–H and O–H groups in total. The van der Waals surface area contributed by atoms with Crippen LogP contribution >= 0.6 is 0 Å². The topological polar surface area (TPSA) is 61.4 Å². The highest BCUT2D eigenvalue weighted by atomic mass is 32.2. The predicted molar refractivity (Wildman–Crippen MR) is 81.4 cm³/mol. The van der Waals surface area contributed by atoms with Crippen molar-refractivity contribution in [3.63, 3.8) is 0 Å². The van der Waals surface area contributed by atoms with Crippen LogP contribution < -0.4 is 10.0 Å². The zero-order valence-electron chi connectivity index (χ0n) is 12.1. The minimum atomic E-state index is -3.34. The Morgan fingerprint density at radius 2 is 1.90 bits per heavy atom. The van der Waals surface area contributed by atoms with Crippen LogP contribution in [0.1, 0.15) is 19.8 Å². The van der Waals surface area contributed by atoms with Crippen molar-refractivity contribution in [1.82, 2.24) is 9.62 Å². The summed E-state index contributed by atoms with van der Waals surface area (Å²) >= 11 is 0. The first-order valence-corrected chi connectivity index (χ1v) is 8.56. The van der Waals surface area contributed by atoms with E-state index in [1.807, 2.05) is 0 Å². The largest absolute Gasteiger partial charge is 0.384 e. The number of hydrogen-bond donors (Lipinski definition) is 2. The highest BCUT2D eigenvalue weighted by Crippen LogP contribution is 2.26. The van der Waals surface area contributed by atoms with Crippen molar-refractivity contribution >= 4 is 15.7 Å². The third kappa shape index (κ3) is 3.94. The van der Waals surface area contributed by atoms with Gasteiger partial charge in [0.2, 0.25) is 10.0 Å². The maximum absolute atomic E-state index is 11.6. The van der Waals surface area contributed by atoms with E-state index < -0.39 is 10.0 Å². The average molecular weight is 297 g/mol. The van der Waals surface area contributed by atoms with Gasteiger partial charge in [0.25, 0.3) is 0 Å². The summed E-state index contributed by atoms with van der Waals surface area (Å²) in [5.41, 5.74) is 0.951. The standard InChI is InChI=1S/C14H23N3O2S/c1-3-17(13-6-7-13)11-10-16-12-4-8-14(9-5-12)20(18,19)15-2/h4-5,8-9,13,15-16H,3,6-7,10-11H2,1-2H3. The molecular weight excluding hydrogens is 274 g/mol. The van der Waals surface area contributed by atoms with Gasteiger partial charge in [-0.2, -0.15) is 0 Å². The number of benzene rings is 1. The molecule has 0 amide bonds. The number of hydrogen-bond acceptors (Lipinski definition) is 4. The molecule has 0 heterocycles. The lowest BCUT2D eigenvalue weighted by Gasteiger charge is -2.20. The highest BCUT2D eigenvalue weighted by Gasteiger charge is 2.27. The van der Waals surface area contributed by atoms with Crippen LogP contribution in [0.15, 0.2) is 29.2 Å². The molecule has 1 saturated carbocycles. The van der Waals surface area contributed by atoms with E-state index >= 15 is 0 Å². The van der Waals surface area contributed by atoms with Gasteiger partial charge in [-0.3, -0.25) is 4.90 Å². The third-order valence-electron chi connectivity index (χ3n) is 3.63. The Morgan fingerprint density at radius 1 is 1.25 bits per heavy atom. The van der Waals surface area contributed by atoms with Crippen LogP contribution in [0, 0.1) is 0 Å². The Balaban J connectivity index is 1.84. The molecule has 1 aromatic carbocycles. The molecule has 6 heteroatoms. The SMILES string of the molecule is CCN(CCNc1ccc(S(=O)(=O)NC)cc1)C1CC1. The molecule has 0 atom stereocenters. The number of nitrogens with one attached hydrogen (secondary N) is 2. The van der Waals surface area contributed by atoms with Gasteiger partial charge in [0.1, 0.15) is 0 Å². The molecular formula is C14H23N3O2S.